The third kappa shape index (κ3) is 4.04. The number of rotatable bonds is 5. The quantitative estimate of drug-likeness (QED) is 0.619. The zero-order valence-corrected chi connectivity index (χ0v) is 17.3. The van der Waals surface area contributed by atoms with Crippen molar-refractivity contribution < 1.29 is 14.1 Å². The standard InChI is InChI=1S/C20H19ClN4O3S/c1-12-22-19(25-28-12)20(8-2-3-9-20)24-17(26)13-6-7-14(21)15(11-13)23-18(27)16-5-4-10-29-16/h4-7,10-11H,2-3,8-9H2,1H3,(H,23,27)(H,24,26). The van der Waals surface area contributed by atoms with Gasteiger partial charge in [-0.1, -0.05) is 35.7 Å². The molecule has 1 aromatic carbocycles. The lowest BCUT2D eigenvalue weighted by Crippen LogP contribution is -2.44. The first-order chi connectivity index (χ1) is 14.0. The van der Waals surface area contributed by atoms with Crippen LogP contribution in [0.4, 0.5) is 5.69 Å². The average Bonchev–Trinajstić information content (AvgIpc) is 3.45. The smallest absolute Gasteiger partial charge is 0.265 e. The van der Waals surface area contributed by atoms with Crippen LogP contribution in [0.1, 0.15) is 57.4 Å². The Morgan fingerprint density at radius 3 is 2.66 bits per heavy atom. The summed E-state index contributed by atoms with van der Waals surface area (Å²) < 4.78 is 5.13. The third-order valence-electron chi connectivity index (χ3n) is 4.99. The molecular formula is C20H19ClN4O3S. The second-order valence-corrected chi connectivity index (χ2v) is 8.36. The second kappa shape index (κ2) is 7.96. The lowest BCUT2D eigenvalue weighted by molar-refractivity contribution is 0.0891. The van der Waals surface area contributed by atoms with Crippen molar-refractivity contribution in [2.45, 2.75) is 38.1 Å². The van der Waals surface area contributed by atoms with Crippen LogP contribution in [-0.4, -0.2) is 22.0 Å². The van der Waals surface area contributed by atoms with E-state index in [0.29, 0.717) is 32.9 Å². The number of hydrogen-bond donors (Lipinski definition) is 2. The molecular weight excluding hydrogens is 412 g/mol. The van der Waals surface area contributed by atoms with Gasteiger partial charge < -0.3 is 15.2 Å². The Hall–Kier alpha value is -2.71. The van der Waals surface area contributed by atoms with Crippen LogP contribution in [0.15, 0.2) is 40.2 Å². The summed E-state index contributed by atoms with van der Waals surface area (Å²) in [5.41, 5.74) is 0.130. The molecule has 29 heavy (non-hydrogen) atoms. The van der Waals surface area contributed by atoms with Gasteiger partial charge in [0.15, 0.2) is 5.82 Å². The van der Waals surface area contributed by atoms with E-state index in [2.05, 4.69) is 20.8 Å². The highest BCUT2D eigenvalue weighted by Crippen LogP contribution is 2.37. The minimum Gasteiger partial charge on any atom is -0.340 e. The number of nitrogens with one attached hydrogen (secondary N) is 2. The minimum atomic E-state index is -0.644. The minimum absolute atomic E-state index is 0.269. The summed E-state index contributed by atoms with van der Waals surface area (Å²) in [6.45, 7) is 1.72. The Kier molecular flexibility index (Phi) is 5.38. The maximum absolute atomic E-state index is 13.0. The highest BCUT2D eigenvalue weighted by molar-refractivity contribution is 7.12. The maximum Gasteiger partial charge on any atom is 0.265 e. The Bertz CT molecular complexity index is 1040. The van der Waals surface area contributed by atoms with Gasteiger partial charge in [0.2, 0.25) is 5.89 Å². The van der Waals surface area contributed by atoms with Crippen LogP contribution in [0, 0.1) is 6.92 Å². The number of halogens is 1. The molecule has 0 atom stereocenters. The molecule has 0 saturated heterocycles. The van der Waals surface area contributed by atoms with Crippen molar-refractivity contribution in [3.63, 3.8) is 0 Å². The van der Waals surface area contributed by atoms with Crippen LogP contribution in [0.2, 0.25) is 5.02 Å². The molecule has 0 unspecified atom stereocenters. The van der Waals surface area contributed by atoms with Crippen LogP contribution in [-0.2, 0) is 5.54 Å². The highest BCUT2D eigenvalue weighted by atomic mass is 35.5. The number of nitrogens with zero attached hydrogens (tertiary/aromatic N) is 2. The number of aromatic nitrogens is 2. The SMILES string of the molecule is Cc1nc(C2(NC(=O)c3ccc(Cl)c(NC(=O)c4cccs4)c3)CCCC2)no1. The average molecular weight is 431 g/mol. The fraction of sp³-hybridized carbons (Fsp3) is 0.300. The van der Waals surface area contributed by atoms with Gasteiger partial charge in [-0.2, -0.15) is 4.98 Å². The Morgan fingerprint density at radius 1 is 1.21 bits per heavy atom. The fourth-order valence-electron chi connectivity index (χ4n) is 3.52. The van der Waals surface area contributed by atoms with Crippen molar-refractivity contribution in [3.05, 3.63) is 62.9 Å². The first-order valence-electron chi connectivity index (χ1n) is 9.25. The van der Waals surface area contributed by atoms with Gasteiger partial charge in [0, 0.05) is 12.5 Å². The molecule has 2 aromatic heterocycles. The molecule has 4 rings (SSSR count). The summed E-state index contributed by atoms with van der Waals surface area (Å²) in [6, 6.07) is 8.32. The van der Waals surface area contributed by atoms with E-state index in [-0.39, 0.29) is 11.8 Å². The summed E-state index contributed by atoms with van der Waals surface area (Å²) in [4.78, 5) is 30.3. The van der Waals surface area contributed by atoms with Crippen molar-refractivity contribution in [1.82, 2.24) is 15.5 Å². The largest absolute Gasteiger partial charge is 0.340 e. The second-order valence-electron chi connectivity index (χ2n) is 7.01. The van der Waals surface area contributed by atoms with Crippen LogP contribution in [0.3, 0.4) is 0 Å². The molecule has 150 valence electrons. The van der Waals surface area contributed by atoms with Crippen LogP contribution >= 0.6 is 22.9 Å². The topological polar surface area (TPSA) is 97.1 Å². The molecule has 2 amide bonds. The summed E-state index contributed by atoms with van der Waals surface area (Å²) in [6.07, 6.45) is 3.42. The zero-order chi connectivity index (χ0) is 20.4. The van der Waals surface area contributed by atoms with Gasteiger partial charge >= 0.3 is 0 Å². The summed E-state index contributed by atoms with van der Waals surface area (Å²) in [5, 5.41) is 12.1. The van der Waals surface area contributed by atoms with Gasteiger partial charge in [-0.05, 0) is 42.5 Å². The van der Waals surface area contributed by atoms with E-state index < -0.39 is 5.54 Å². The van der Waals surface area contributed by atoms with E-state index in [1.54, 1.807) is 37.3 Å². The molecule has 3 aromatic rings. The summed E-state index contributed by atoms with van der Waals surface area (Å²) in [5.74, 6) is 0.415. The first kappa shape index (κ1) is 19.6. The van der Waals surface area contributed by atoms with Crippen LogP contribution in [0.25, 0.3) is 0 Å². The maximum atomic E-state index is 13.0. The molecule has 9 heteroatoms. The highest BCUT2D eigenvalue weighted by Gasteiger charge is 2.41. The number of benzene rings is 1. The molecule has 1 fully saturated rings. The number of anilines is 1. The molecule has 1 saturated carbocycles. The van der Waals surface area contributed by atoms with Crippen molar-refractivity contribution in [3.8, 4) is 0 Å². The van der Waals surface area contributed by atoms with E-state index in [0.717, 1.165) is 25.7 Å². The number of thiophene rings is 1. The van der Waals surface area contributed by atoms with Gasteiger partial charge in [-0.25, -0.2) is 0 Å². The molecule has 1 aliphatic carbocycles. The van der Waals surface area contributed by atoms with Gasteiger partial charge in [-0.3, -0.25) is 9.59 Å². The van der Waals surface area contributed by atoms with Gasteiger partial charge in [0.25, 0.3) is 11.8 Å². The van der Waals surface area contributed by atoms with Gasteiger partial charge in [0.05, 0.1) is 15.6 Å². The van der Waals surface area contributed by atoms with Crippen LogP contribution in [0.5, 0.6) is 0 Å². The Balaban J connectivity index is 1.56. The molecule has 0 spiro atoms. The number of amides is 2. The summed E-state index contributed by atoms with van der Waals surface area (Å²) in [7, 11) is 0. The molecule has 2 N–H and O–H groups in total. The van der Waals surface area contributed by atoms with Crippen molar-refractivity contribution in [2.24, 2.45) is 0 Å². The normalized spacial score (nSPS) is 15.2. The molecule has 0 radical (unpaired) electrons. The number of hydrogen-bond acceptors (Lipinski definition) is 6. The van der Waals surface area contributed by atoms with Crippen molar-refractivity contribution in [1.29, 1.82) is 0 Å². The van der Waals surface area contributed by atoms with Crippen molar-refractivity contribution >= 4 is 40.4 Å². The van der Waals surface area contributed by atoms with E-state index in [9.17, 15) is 9.59 Å². The third-order valence-corrected chi connectivity index (χ3v) is 6.19. The summed E-state index contributed by atoms with van der Waals surface area (Å²) >= 11 is 7.56. The van der Waals surface area contributed by atoms with E-state index >= 15 is 0 Å². The molecule has 2 heterocycles. The number of carbonyl (C=O) groups excluding carboxylic acids is 2. The predicted molar refractivity (Wildman–Crippen MR) is 110 cm³/mol. The first-order valence-corrected chi connectivity index (χ1v) is 10.5. The number of carbonyl (C=O) groups is 2. The Morgan fingerprint density at radius 2 is 2.00 bits per heavy atom. The van der Waals surface area contributed by atoms with Crippen molar-refractivity contribution in [2.75, 3.05) is 5.32 Å². The molecule has 0 bridgehead atoms. The molecule has 7 nitrogen and oxygen atoms in total. The zero-order valence-electron chi connectivity index (χ0n) is 15.7. The van der Waals surface area contributed by atoms with E-state index in [1.807, 2.05) is 5.38 Å². The molecule has 1 aliphatic rings. The predicted octanol–water partition coefficient (Wildman–Crippen LogP) is 4.54. The van der Waals surface area contributed by atoms with Gasteiger partial charge in [-0.15, -0.1) is 11.3 Å². The van der Waals surface area contributed by atoms with E-state index in [1.165, 1.54) is 11.3 Å². The lowest BCUT2D eigenvalue weighted by Gasteiger charge is -2.27. The monoisotopic (exact) mass is 430 g/mol. The number of aryl methyl sites for hydroxylation is 1. The lowest BCUT2D eigenvalue weighted by atomic mass is 9.95. The van der Waals surface area contributed by atoms with E-state index in [4.69, 9.17) is 16.1 Å². The molecule has 0 aliphatic heterocycles. The van der Waals surface area contributed by atoms with Gasteiger partial charge in [0.1, 0.15) is 5.54 Å². The fourth-order valence-corrected chi connectivity index (χ4v) is 4.30. The van der Waals surface area contributed by atoms with Crippen LogP contribution < -0.4 is 10.6 Å². The Labute approximate surface area is 176 Å².